The topological polar surface area (TPSA) is 43.1 Å². The maximum atomic E-state index is 11.1. The molecule has 0 saturated carbocycles. The van der Waals surface area contributed by atoms with Crippen molar-refractivity contribution in [1.29, 1.82) is 0 Å². The molecule has 0 fully saturated rings. The lowest BCUT2D eigenvalue weighted by molar-refractivity contribution is -0.126. The molecule has 0 aliphatic heterocycles. The number of hydrogen-bond acceptors (Lipinski definition) is 2. The summed E-state index contributed by atoms with van der Waals surface area (Å²) in [6, 6.07) is 0. The number of thioether (sulfide) groups is 1. The Hall–Kier alpha value is -0.180. The first-order chi connectivity index (χ1) is 4.99. The van der Waals surface area contributed by atoms with Gasteiger partial charge in [-0.25, -0.2) is 0 Å². The van der Waals surface area contributed by atoms with Gasteiger partial charge in [-0.2, -0.15) is 11.8 Å². The van der Waals surface area contributed by atoms with Crippen molar-refractivity contribution < 1.29 is 4.79 Å². The van der Waals surface area contributed by atoms with Crippen molar-refractivity contribution in [2.75, 3.05) is 6.26 Å². The maximum absolute atomic E-state index is 11.1. The molecule has 2 N–H and O–H groups in total. The zero-order valence-electron chi connectivity index (χ0n) is 7.68. The lowest BCUT2D eigenvalue weighted by Gasteiger charge is -2.29. The minimum atomic E-state index is -0.348. The zero-order valence-corrected chi connectivity index (χ0v) is 8.49. The van der Waals surface area contributed by atoms with E-state index < -0.39 is 0 Å². The highest BCUT2D eigenvalue weighted by atomic mass is 32.2. The average Bonchev–Trinajstić information content (AvgIpc) is 2.01. The fourth-order valence-corrected chi connectivity index (χ4v) is 1.73. The van der Waals surface area contributed by atoms with Gasteiger partial charge in [-0.3, -0.25) is 4.79 Å². The van der Waals surface area contributed by atoms with Gasteiger partial charge in [0.15, 0.2) is 0 Å². The Labute approximate surface area is 72.9 Å². The SMILES string of the molecule is CCC(C)(C(N)=O)C(C)SC. The number of hydrogen-bond donors (Lipinski definition) is 1. The molecule has 0 aromatic heterocycles. The molecule has 1 amide bonds. The summed E-state index contributed by atoms with van der Waals surface area (Å²) in [7, 11) is 0. The van der Waals surface area contributed by atoms with Crippen LogP contribution in [-0.4, -0.2) is 17.4 Å². The van der Waals surface area contributed by atoms with Crippen molar-refractivity contribution in [3.05, 3.63) is 0 Å². The highest BCUT2D eigenvalue weighted by Crippen LogP contribution is 2.32. The number of carbonyl (C=O) groups excluding carboxylic acids is 1. The number of amides is 1. The van der Waals surface area contributed by atoms with E-state index in [4.69, 9.17) is 5.73 Å². The molecule has 11 heavy (non-hydrogen) atoms. The highest BCUT2D eigenvalue weighted by molar-refractivity contribution is 7.99. The van der Waals surface area contributed by atoms with Crippen molar-refractivity contribution in [3.8, 4) is 0 Å². The van der Waals surface area contributed by atoms with Crippen molar-refractivity contribution in [3.63, 3.8) is 0 Å². The van der Waals surface area contributed by atoms with Crippen LogP contribution in [0.4, 0.5) is 0 Å². The molecule has 0 aromatic rings. The first-order valence-electron chi connectivity index (χ1n) is 3.81. The molecule has 2 nitrogen and oxygen atoms in total. The quantitative estimate of drug-likeness (QED) is 0.706. The van der Waals surface area contributed by atoms with Gasteiger partial charge in [0.25, 0.3) is 0 Å². The van der Waals surface area contributed by atoms with Crippen molar-refractivity contribution in [2.24, 2.45) is 11.1 Å². The highest BCUT2D eigenvalue weighted by Gasteiger charge is 2.34. The Kier molecular flexibility index (Phi) is 3.93. The molecular formula is C8H17NOS. The largest absolute Gasteiger partial charge is 0.369 e. The molecule has 0 radical (unpaired) electrons. The second-order valence-corrected chi connectivity index (χ2v) is 4.19. The first kappa shape index (κ1) is 10.8. The molecule has 0 saturated heterocycles. The van der Waals surface area contributed by atoms with Crippen LogP contribution in [-0.2, 0) is 4.79 Å². The number of carbonyl (C=O) groups is 1. The Morgan fingerprint density at radius 3 is 2.27 bits per heavy atom. The van der Waals surface area contributed by atoms with E-state index in [9.17, 15) is 4.79 Å². The molecule has 0 aromatic carbocycles. The summed E-state index contributed by atoms with van der Waals surface area (Å²) in [6.45, 7) is 5.97. The summed E-state index contributed by atoms with van der Waals surface area (Å²) >= 11 is 1.68. The molecule has 2 atom stereocenters. The second kappa shape index (κ2) is 4.00. The third-order valence-electron chi connectivity index (χ3n) is 2.55. The Balaban J connectivity index is 4.45. The standard InChI is InChI=1S/C8H17NOS/c1-5-8(3,7(9)10)6(2)11-4/h6H,5H2,1-4H3,(H2,9,10). The van der Waals surface area contributed by atoms with Crippen LogP contribution in [0.2, 0.25) is 0 Å². The molecule has 66 valence electrons. The van der Waals surface area contributed by atoms with E-state index in [1.807, 2.05) is 27.0 Å². The third kappa shape index (κ3) is 2.12. The molecule has 0 rings (SSSR count). The second-order valence-electron chi connectivity index (χ2n) is 3.01. The molecule has 0 spiro atoms. The lowest BCUT2D eigenvalue weighted by Crippen LogP contribution is -2.40. The average molecular weight is 175 g/mol. The molecular weight excluding hydrogens is 158 g/mol. The van der Waals surface area contributed by atoms with Crippen LogP contribution in [0.1, 0.15) is 27.2 Å². The van der Waals surface area contributed by atoms with E-state index in [-0.39, 0.29) is 11.3 Å². The minimum Gasteiger partial charge on any atom is -0.369 e. The van der Waals surface area contributed by atoms with Crippen LogP contribution in [0.3, 0.4) is 0 Å². The Bertz CT molecular complexity index is 149. The van der Waals surface area contributed by atoms with Gasteiger partial charge in [-0.05, 0) is 19.6 Å². The van der Waals surface area contributed by atoms with Gasteiger partial charge in [0.05, 0.1) is 5.41 Å². The number of rotatable bonds is 4. The van der Waals surface area contributed by atoms with Gasteiger partial charge >= 0.3 is 0 Å². The summed E-state index contributed by atoms with van der Waals surface area (Å²) < 4.78 is 0. The maximum Gasteiger partial charge on any atom is 0.224 e. The van der Waals surface area contributed by atoms with Gasteiger partial charge in [-0.1, -0.05) is 13.8 Å². The van der Waals surface area contributed by atoms with E-state index in [0.29, 0.717) is 5.25 Å². The van der Waals surface area contributed by atoms with Crippen LogP contribution in [0, 0.1) is 5.41 Å². The zero-order chi connectivity index (χ0) is 9.07. The predicted molar refractivity (Wildman–Crippen MR) is 50.6 cm³/mol. The van der Waals surface area contributed by atoms with Gasteiger partial charge in [0.1, 0.15) is 0 Å². The molecule has 0 aliphatic rings. The minimum absolute atomic E-state index is 0.193. The van der Waals surface area contributed by atoms with Crippen LogP contribution >= 0.6 is 11.8 Å². The number of nitrogens with two attached hydrogens (primary N) is 1. The molecule has 0 bridgehead atoms. The summed E-state index contributed by atoms with van der Waals surface area (Å²) in [5.74, 6) is -0.193. The number of primary amides is 1. The summed E-state index contributed by atoms with van der Waals surface area (Å²) in [5.41, 5.74) is 4.96. The third-order valence-corrected chi connectivity index (χ3v) is 3.78. The summed E-state index contributed by atoms with van der Waals surface area (Å²) in [4.78, 5) is 11.1. The van der Waals surface area contributed by atoms with E-state index in [0.717, 1.165) is 6.42 Å². The van der Waals surface area contributed by atoms with E-state index in [1.54, 1.807) is 11.8 Å². The van der Waals surface area contributed by atoms with Crippen molar-refractivity contribution in [1.82, 2.24) is 0 Å². The molecule has 3 heteroatoms. The fraction of sp³-hybridized carbons (Fsp3) is 0.875. The van der Waals surface area contributed by atoms with Crippen molar-refractivity contribution in [2.45, 2.75) is 32.4 Å². The van der Waals surface area contributed by atoms with Crippen LogP contribution < -0.4 is 5.73 Å². The normalized spacial score (nSPS) is 18.9. The summed E-state index contributed by atoms with van der Waals surface area (Å²) in [6.07, 6.45) is 2.81. The van der Waals surface area contributed by atoms with Crippen LogP contribution in [0.25, 0.3) is 0 Å². The first-order valence-corrected chi connectivity index (χ1v) is 5.10. The molecule has 0 heterocycles. The molecule has 2 unspecified atom stereocenters. The van der Waals surface area contributed by atoms with E-state index >= 15 is 0 Å². The van der Waals surface area contributed by atoms with Gasteiger partial charge in [-0.15, -0.1) is 0 Å². The molecule has 0 aliphatic carbocycles. The predicted octanol–water partition coefficient (Wildman–Crippen LogP) is 1.64. The summed E-state index contributed by atoms with van der Waals surface area (Å²) in [5, 5.41) is 0.296. The lowest BCUT2D eigenvalue weighted by atomic mass is 9.83. The van der Waals surface area contributed by atoms with Crippen LogP contribution in [0.15, 0.2) is 0 Å². The Morgan fingerprint density at radius 1 is 1.73 bits per heavy atom. The van der Waals surface area contributed by atoms with Crippen molar-refractivity contribution >= 4 is 17.7 Å². The van der Waals surface area contributed by atoms with Crippen LogP contribution in [0.5, 0.6) is 0 Å². The Morgan fingerprint density at radius 2 is 2.18 bits per heavy atom. The fourth-order valence-electron chi connectivity index (χ4n) is 0.922. The van der Waals surface area contributed by atoms with E-state index in [1.165, 1.54) is 0 Å². The monoisotopic (exact) mass is 175 g/mol. The van der Waals surface area contributed by atoms with E-state index in [2.05, 4.69) is 0 Å². The smallest absolute Gasteiger partial charge is 0.224 e. The van der Waals surface area contributed by atoms with Gasteiger partial charge in [0.2, 0.25) is 5.91 Å². The van der Waals surface area contributed by atoms with Gasteiger partial charge < -0.3 is 5.73 Å². The van der Waals surface area contributed by atoms with Gasteiger partial charge in [0, 0.05) is 5.25 Å².